The van der Waals surface area contributed by atoms with E-state index in [9.17, 15) is 19.1 Å². The average Bonchev–Trinajstić information content (AvgIpc) is 2.72. The molecule has 154 valence electrons. The van der Waals surface area contributed by atoms with Crippen LogP contribution in [0.25, 0.3) is 0 Å². The minimum Gasteiger partial charge on any atom is -0.394 e. The van der Waals surface area contributed by atoms with Crippen molar-refractivity contribution in [2.45, 2.75) is 18.7 Å². The molecule has 0 bridgehead atoms. The maximum absolute atomic E-state index is 13.1. The lowest BCUT2D eigenvalue weighted by molar-refractivity contribution is -0.162. The molecule has 1 heterocycles. The fourth-order valence-corrected chi connectivity index (χ4v) is 3.29. The summed E-state index contributed by atoms with van der Waals surface area (Å²) in [6, 6.07) is 12.3. The van der Waals surface area contributed by atoms with Gasteiger partial charge in [-0.2, -0.15) is 0 Å². The first-order valence-electron chi connectivity index (χ1n) is 9.17. The van der Waals surface area contributed by atoms with E-state index in [2.05, 4.69) is 5.32 Å². The highest BCUT2D eigenvalue weighted by atomic mass is 19.1. The van der Waals surface area contributed by atoms with E-state index < -0.39 is 12.1 Å². The Morgan fingerprint density at radius 1 is 1.24 bits per heavy atom. The summed E-state index contributed by atoms with van der Waals surface area (Å²) in [5.74, 6) is -0.858. The average molecular weight is 402 g/mol. The van der Waals surface area contributed by atoms with Gasteiger partial charge in [0.25, 0.3) is 0 Å². The highest BCUT2D eigenvalue weighted by Crippen LogP contribution is 2.31. The number of halogens is 1. The van der Waals surface area contributed by atoms with Crippen molar-refractivity contribution in [1.82, 2.24) is 4.90 Å². The van der Waals surface area contributed by atoms with Crippen molar-refractivity contribution in [2.24, 2.45) is 0 Å². The summed E-state index contributed by atoms with van der Waals surface area (Å²) in [5.41, 5.74) is 2.13. The number of benzene rings is 2. The molecule has 0 radical (unpaired) electrons. The number of carbonyl (C=O) groups is 2. The molecular weight excluding hydrogens is 379 g/mol. The standard InChI is InChI=1S/C21H23FN2O5/c1-28-12-19(26)23-17-8-4-15(5-9-17)21-18(11-25)24(20(27)13-29-21)10-14-2-6-16(22)7-3-14/h2-9,18,21,25H,10-13H2,1H3,(H,23,26). The third-order valence-electron chi connectivity index (χ3n) is 4.71. The molecule has 0 aliphatic carbocycles. The van der Waals surface area contributed by atoms with Crippen molar-refractivity contribution in [3.8, 4) is 0 Å². The maximum atomic E-state index is 13.1. The first-order valence-corrected chi connectivity index (χ1v) is 9.17. The summed E-state index contributed by atoms with van der Waals surface area (Å²) < 4.78 is 23.6. The van der Waals surface area contributed by atoms with Crippen molar-refractivity contribution in [2.75, 3.05) is 32.2 Å². The molecule has 3 rings (SSSR count). The molecule has 1 saturated heterocycles. The first-order chi connectivity index (χ1) is 14.0. The lowest BCUT2D eigenvalue weighted by atomic mass is 9.98. The van der Waals surface area contributed by atoms with E-state index in [0.717, 1.165) is 11.1 Å². The third-order valence-corrected chi connectivity index (χ3v) is 4.71. The van der Waals surface area contributed by atoms with Crippen molar-refractivity contribution in [1.29, 1.82) is 0 Å². The molecule has 2 unspecified atom stereocenters. The summed E-state index contributed by atoms with van der Waals surface area (Å²) in [6.45, 7) is -0.200. The zero-order valence-electron chi connectivity index (χ0n) is 16.0. The van der Waals surface area contributed by atoms with E-state index in [1.807, 2.05) is 0 Å². The number of hydrogen-bond acceptors (Lipinski definition) is 5. The number of morpholine rings is 1. The predicted octanol–water partition coefficient (Wildman–Crippen LogP) is 1.87. The van der Waals surface area contributed by atoms with E-state index in [1.165, 1.54) is 19.2 Å². The largest absolute Gasteiger partial charge is 0.394 e. The van der Waals surface area contributed by atoms with Crippen LogP contribution in [0.15, 0.2) is 48.5 Å². The highest BCUT2D eigenvalue weighted by Gasteiger charge is 2.37. The molecule has 2 aromatic rings. The number of ether oxygens (including phenoxy) is 2. The van der Waals surface area contributed by atoms with Gasteiger partial charge in [0, 0.05) is 19.3 Å². The number of methoxy groups -OCH3 is 1. The SMILES string of the molecule is COCC(=O)Nc1ccc(C2OCC(=O)N(Cc3ccc(F)cc3)C2CO)cc1. The molecular formula is C21H23FN2O5. The normalized spacial score (nSPS) is 19.3. The Morgan fingerprint density at radius 2 is 1.93 bits per heavy atom. The van der Waals surface area contributed by atoms with Gasteiger partial charge >= 0.3 is 0 Å². The van der Waals surface area contributed by atoms with Crippen molar-refractivity contribution in [3.05, 3.63) is 65.5 Å². The summed E-state index contributed by atoms with van der Waals surface area (Å²) in [4.78, 5) is 25.6. The maximum Gasteiger partial charge on any atom is 0.250 e. The number of aliphatic hydroxyl groups excluding tert-OH is 1. The Bertz CT molecular complexity index is 841. The molecule has 1 aliphatic heterocycles. The van der Waals surface area contributed by atoms with Gasteiger partial charge in [0.1, 0.15) is 25.1 Å². The van der Waals surface area contributed by atoms with Crippen molar-refractivity contribution in [3.63, 3.8) is 0 Å². The fourth-order valence-electron chi connectivity index (χ4n) is 3.29. The van der Waals surface area contributed by atoms with Crippen LogP contribution in [-0.2, 0) is 25.6 Å². The minimum absolute atomic E-state index is 0.0411. The van der Waals surface area contributed by atoms with Crippen LogP contribution in [0.3, 0.4) is 0 Å². The fraction of sp³-hybridized carbons (Fsp3) is 0.333. The van der Waals surface area contributed by atoms with Crippen LogP contribution in [0.5, 0.6) is 0 Å². The van der Waals surface area contributed by atoms with Crippen LogP contribution < -0.4 is 5.32 Å². The summed E-state index contributed by atoms with van der Waals surface area (Å²) in [7, 11) is 1.44. The molecule has 0 saturated carbocycles. The second-order valence-corrected chi connectivity index (χ2v) is 6.73. The first kappa shape index (κ1) is 20.9. The molecule has 1 fully saturated rings. The Labute approximate surface area is 168 Å². The van der Waals surface area contributed by atoms with Crippen LogP contribution in [0, 0.1) is 5.82 Å². The molecule has 7 nitrogen and oxygen atoms in total. The van der Waals surface area contributed by atoms with Crippen LogP contribution in [0.4, 0.5) is 10.1 Å². The Morgan fingerprint density at radius 3 is 2.55 bits per heavy atom. The van der Waals surface area contributed by atoms with Crippen LogP contribution >= 0.6 is 0 Å². The Balaban J connectivity index is 1.75. The molecule has 0 aromatic heterocycles. The van der Waals surface area contributed by atoms with E-state index in [1.54, 1.807) is 41.3 Å². The van der Waals surface area contributed by atoms with Crippen molar-refractivity contribution < 1.29 is 28.6 Å². The van der Waals surface area contributed by atoms with Gasteiger partial charge in [-0.3, -0.25) is 9.59 Å². The minimum atomic E-state index is -0.588. The third kappa shape index (κ3) is 5.17. The molecule has 2 atom stereocenters. The zero-order chi connectivity index (χ0) is 20.8. The Kier molecular flexibility index (Phi) is 6.92. The number of nitrogens with one attached hydrogen (secondary N) is 1. The van der Waals surface area contributed by atoms with Gasteiger partial charge in [0.15, 0.2) is 0 Å². The van der Waals surface area contributed by atoms with Gasteiger partial charge < -0.3 is 24.8 Å². The number of amides is 2. The summed E-state index contributed by atoms with van der Waals surface area (Å²) >= 11 is 0. The van der Waals surface area contributed by atoms with Gasteiger partial charge in [-0.15, -0.1) is 0 Å². The van der Waals surface area contributed by atoms with E-state index in [4.69, 9.17) is 9.47 Å². The molecule has 0 spiro atoms. The van der Waals surface area contributed by atoms with Gasteiger partial charge in [0.05, 0.1) is 12.6 Å². The monoisotopic (exact) mass is 402 g/mol. The van der Waals surface area contributed by atoms with Crippen LogP contribution in [0.1, 0.15) is 17.2 Å². The number of nitrogens with zero attached hydrogens (tertiary/aromatic N) is 1. The smallest absolute Gasteiger partial charge is 0.250 e. The summed E-state index contributed by atoms with van der Waals surface area (Å²) in [6.07, 6.45) is -0.526. The van der Waals surface area contributed by atoms with Crippen LogP contribution in [-0.4, -0.2) is 54.8 Å². The quantitative estimate of drug-likeness (QED) is 0.738. The number of aliphatic hydroxyl groups is 1. The van der Waals surface area contributed by atoms with Gasteiger partial charge in [0.2, 0.25) is 11.8 Å². The molecule has 1 aliphatic rings. The molecule has 8 heteroatoms. The number of hydrogen-bond donors (Lipinski definition) is 2. The highest BCUT2D eigenvalue weighted by molar-refractivity contribution is 5.91. The molecule has 29 heavy (non-hydrogen) atoms. The van der Waals surface area contributed by atoms with E-state index in [-0.39, 0.29) is 44.0 Å². The number of rotatable bonds is 7. The summed E-state index contributed by atoms with van der Waals surface area (Å²) in [5, 5.41) is 12.7. The van der Waals surface area contributed by atoms with Gasteiger partial charge in [-0.05, 0) is 35.4 Å². The predicted molar refractivity (Wildman–Crippen MR) is 103 cm³/mol. The molecule has 2 aromatic carbocycles. The molecule has 2 N–H and O–H groups in total. The van der Waals surface area contributed by atoms with E-state index in [0.29, 0.717) is 5.69 Å². The lowest BCUT2D eigenvalue weighted by Gasteiger charge is -2.40. The van der Waals surface area contributed by atoms with Gasteiger partial charge in [-0.25, -0.2) is 4.39 Å². The topological polar surface area (TPSA) is 88.1 Å². The van der Waals surface area contributed by atoms with Gasteiger partial charge in [-0.1, -0.05) is 24.3 Å². The lowest BCUT2D eigenvalue weighted by Crippen LogP contribution is -2.52. The van der Waals surface area contributed by atoms with E-state index >= 15 is 0 Å². The molecule has 2 amide bonds. The number of anilines is 1. The second kappa shape index (κ2) is 9.60. The van der Waals surface area contributed by atoms with Crippen molar-refractivity contribution >= 4 is 17.5 Å². The Hall–Kier alpha value is -2.81. The van der Waals surface area contributed by atoms with Crippen LogP contribution in [0.2, 0.25) is 0 Å². The second-order valence-electron chi connectivity index (χ2n) is 6.73. The number of carbonyl (C=O) groups excluding carboxylic acids is 2. The zero-order valence-corrected chi connectivity index (χ0v) is 16.0.